The maximum absolute atomic E-state index is 14.4. The van der Waals surface area contributed by atoms with Crippen LogP contribution in [0.1, 0.15) is 39.4 Å². The average molecular weight is 563 g/mol. The topological polar surface area (TPSA) is 120 Å². The Hall–Kier alpha value is -1.80. The highest BCUT2D eigenvalue weighted by Gasteiger charge is 2.34. The number of thiophene rings is 1. The Morgan fingerprint density at radius 3 is 2.87 bits per heavy atom. The summed E-state index contributed by atoms with van der Waals surface area (Å²) in [5.74, 6) is -1.43. The predicted octanol–water partition coefficient (Wildman–Crippen LogP) is 2.56. The number of hydroxylamine groups is 1. The smallest absolute Gasteiger partial charge is 0.278 e. The van der Waals surface area contributed by atoms with Gasteiger partial charge < -0.3 is 20.8 Å². The lowest BCUT2D eigenvalue weighted by molar-refractivity contribution is -0.0295. The number of aliphatic hydroxyl groups excluding tert-OH is 2. The Bertz CT molecular complexity index is 997. The maximum Gasteiger partial charge on any atom is 0.278 e. The van der Waals surface area contributed by atoms with Crippen molar-refractivity contribution in [3.63, 3.8) is 0 Å². The molecule has 0 aliphatic carbocycles. The van der Waals surface area contributed by atoms with Crippen molar-refractivity contribution in [1.29, 1.82) is 0 Å². The summed E-state index contributed by atoms with van der Waals surface area (Å²) >= 11 is 3.06. The van der Waals surface area contributed by atoms with E-state index in [1.165, 1.54) is 6.07 Å². The number of anilines is 2. The van der Waals surface area contributed by atoms with E-state index in [2.05, 4.69) is 16.1 Å². The summed E-state index contributed by atoms with van der Waals surface area (Å²) in [4.78, 5) is 31.0. The number of aliphatic hydroxyl groups is 2. The van der Waals surface area contributed by atoms with Crippen LogP contribution in [0.2, 0.25) is 0 Å². The summed E-state index contributed by atoms with van der Waals surface area (Å²) in [6.45, 7) is 3.57. The van der Waals surface area contributed by atoms with Gasteiger partial charge in [0.1, 0.15) is 23.5 Å². The maximum atomic E-state index is 14.4. The molecule has 2 heterocycles. The third-order valence-corrected chi connectivity index (χ3v) is 6.47. The van der Waals surface area contributed by atoms with Crippen molar-refractivity contribution in [3.05, 3.63) is 43.6 Å². The highest BCUT2D eigenvalue weighted by Crippen LogP contribution is 2.40. The number of nitrogens with one attached hydrogen (secondary N) is 3. The Balaban J connectivity index is 2.00. The largest absolute Gasteiger partial charge is 0.394 e. The zero-order valence-electron chi connectivity index (χ0n) is 16.9. The fraction of sp³-hybridized carbons (Fsp3) is 0.400. The molecule has 3 rings (SSSR count). The van der Waals surface area contributed by atoms with Crippen LogP contribution in [-0.2, 0) is 11.3 Å². The molecule has 0 unspecified atom stereocenters. The normalized spacial score (nSPS) is 16.1. The van der Waals surface area contributed by atoms with Gasteiger partial charge in [-0.3, -0.25) is 14.4 Å². The highest BCUT2D eigenvalue weighted by atomic mass is 127. The zero-order chi connectivity index (χ0) is 22.8. The molecule has 5 N–H and O–H groups in total. The molecule has 1 aromatic heterocycles. The van der Waals surface area contributed by atoms with Crippen molar-refractivity contribution < 1.29 is 29.0 Å². The Morgan fingerprint density at radius 2 is 2.19 bits per heavy atom. The predicted molar refractivity (Wildman–Crippen MR) is 123 cm³/mol. The molecule has 1 atom stereocenters. The second kappa shape index (κ2) is 9.77. The lowest BCUT2D eigenvalue weighted by Crippen LogP contribution is -2.32. The molecule has 2 aromatic rings. The van der Waals surface area contributed by atoms with E-state index in [-0.39, 0.29) is 29.2 Å². The summed E-state index contributed by atoms with van der Waals surface area (Å²) in [6.07, 6.45) is -0.709. The van der Waals surface area contributed by atoms with Crippen LogP contribution in [0.4, 0.5) is 15.1 Å². The molecular weight excluding hydrogens is 540 g/mol. The minimum Gasteiger partial charge on any atom is -0.394 e. The van der Waals surface area contributed by atoms with Crippen molar-refractivity contribution in [2.75, 3.05) is 25.1 Å². The van der Waals surface area contributed by atoms with Crippen molar-refractivity contribution in [1.82, 2.24) is 10.8 Å². The fourth-order valence-corrected chi connectivity index (χ4v) is 4.71. The zero-order valence-corrected chi connectivity index (χ0v) is 19.9. The fourth-order valence-electron chi connectivity index (χ4n) is 3.11. The van der Waals surface area contributed by atoms with E-state index in [1.54, 1.807) is 12.1 Å². The van der Waals surface area contributed by atoms with Gasteiger partial charge in [-0.25, -0.2) is 9.87 Å². The number of carbonyl (C=O) groups excluding carboxylic acids is 2. The molecule has 0 bridgehead atoms. The van der Waals surface area contributed by atoms with Gasteiger partial charge in [0.2, 0.25) is 0 Å². The standard InChI is InChI=1S/C20H23FIN3O5S/c1-20(2)6-12-15(17(28)25-30-8-11(27)7-26)19(31-16(12)18(29)23-9-20)24-14-4-3-10(22)5-13(14)21/h3-5,11,24,26-27H,6-9H2,1-2H3,(H,23,29)(H,25,28)/t11-/m1/s1. The van der Waals surface area contributed by atoms with Crippen LogP contribution in [-0.4, -0.2) is 47.9 Å². The second-order valence-electron chi connectivity index (χ2n) is 7.97. The second-order valence-corrected chi connectivity index (χ2v) is 10.2. The first-order valence-electron chi connectivity index (χ1n) is 9.48. The van der Waals surface area contributed by atoms with Gasteiger partial charge in [-0.05, 0) is 58.2 Å². The van der Waals surface area contributed by atoms with Gasteiger partial charge in [0, 0.05) is 10.1 Å². The van der Waals surface area contributed by atoms with E-state index in [4.69, 9.17) is 9.94 Å². The minimum atomic E-state index is -1.15. The number of fused-ring (bicyclic) bond motifs is 1. The van der Waals surface area contributed by atoms with Gasteiger partial charge in [-0.2, -0.15) is 0 Å². The molecule has 0 radical (unpaired) electrons. The molecule has 1 aliphatic heterocycles. The Morgan fingerprint density at radius 1 is 1.45 bits per heavy atom. The molecule has 0 saturated heterocycles. The average Bonchev–Trinajstić information content (AvgIpc) is 3.00. The van der Waals surface area contributed by atoms with Gasteiger partial charge in [0.05, 0.1) is 22.7 Å². The summed E-state index contributed by atoms with van der Waals surface area (Å²) in [7, 11) is 0. The summed E-state index contributed by atoms with van der Waals surface area (Å²) < 4.78 is 15.1. The number of amides is 2. The first kappa shape index (κ1) is 23.9. The molecular formula is C20H23FIN3O5S. The number of carbonyl (C=O) groups is 2. The SMILES string of the molecule is CC1(C)CNC(=O)c2sc(Nc3ccc(I)cc3F)c(C(=O)NOC[C@H](O)CO)c2C1. The molecule has 0 saturated carbocycles. The minimum absolute atomic E-state index is 0.169. The number of benzene rings is 1. The molecule has 0 fully saturated rings. The first-order valence-corrected chi connectivity index (χ1v) is 11.4. The third kappa shape index (κ3) is 5.71. The highest BCUT2D eigenvalue weighted by molar-refractivity contribution is 14.1. The number of halogens is 2. The molecule has 1 aliphatic rings. The van der Waals surface area contributed by atoms with Crippen molar-refractivity contribution >= 4 is 56.4 Å². The molecule has 31 heavy (non-hydrogen) atoms. The third-order valence-electron chi connectivity index (χ3n) is 4.65. The number of hydrogen-bond acceptors (Lipinski definition) is 7. The quantitative estimate of drug-likeness (QED) is 0.261. The van der Waals surface area contributed by atoms with Gasteiger partial charge in [-0.15, -0.1) is 11.3 Å². The Kier molecular flexibility index (Phi) is 7.52. The van der Waals surface area contributed by atoms with Crippen LogP contribution >= 0.6 is 33.9 Å². The van der Waals surface area contributed by atoms with Crippen molar-refractivity contribution in [3.8, 4) is 0 Å². The molecule has 11 heteroatoms. The van der Waals surface area contributed by atoms with Crippen LogP contribution in [0.25, 0.3) is 0 Å². The lowest BCUT2D eigenvalue weighted by Gasteiger charge is -2.22. The van der Waals surface area contributed by atoms with Gasteiger partial charge in [-0.1, -0.05) is 13.8 Å². The van der Waals surface area contributed by atoms with E-state index in [1.807, 2.05) is 36.4 Å². The van der Waals surface area contributed by atoms with Crippen LogP contribution in [0, 0.1) is 14.8 Å². The molecule has 0 spiro atoms. The number of rotatable bonds is 7. The van der Waals surface area contributed by atoms with E-state index >= 15 is 0 Å². The van der Waals surface area contributed by atoms with Crippen molar-refractivity contribution in [2.24, 2.45) is 5.41 Å². The summed E-state index contributed by atoms with van der Waals surface area (Å²) in [6, 6.07) is 4.64. The molecule has 8 nitrogen and oxygen atoms in total. The first-order chi connectivity index (χ1) is 14.6. The monoisotopic (exact) mass is 563 g/mol. The van der Waals surface area contributed by atoms with Crippen LogP contribution < -0.4 is 16.1 Å². The van der Waals surface area contributed by atoms with E-state index < -0.39 is 24.4 Å². The Labute approximate surface area is 196 Å². The van der Waals surface area contributed by atoms with Crippen molar-refractivity contribution in [2.45, 2.75) is 26.4 Å². The summed E-state index contributed by atoms with van der Waals surface area (Å²) in [5.41, 5.74) is 2.83. The molecule has 1 aromatic carbocycles. The van der Waals surface area contributed by atoms with Gasteiger partial charge in [0.25, 0.3) is 11.8 Å². The van der Waals surface area contributed by atoms with E-state index in [0.717, 1.165) is 14.9 Å². The number of hydrogen-bond donors (Lipinski definition) is 5. The van der Waals surface area contributed by atoms with E-state index in [0.29, 0.717) is 28.4 Å². The molecule has 168 valence electrons. The lowest BCUT2D eigenvalue weighted by atomic mass is 9.85. The van der Waals surface area contributed by atoms with E-state index in [9.17, 15) is 19.1 Å². The summed E-state index contributed by atoms with van der Waals surface area (Å²) in [5, 5.41) is 24.4. The van der Waals surface area contributed by atoms with Crippen LogP contribution in [0.3, 0.4) is 0 Å². The van der Waals surface area contributed by atoms with Gasteiger partial charge >= 0.3 is 0 Å². The van der Waals surface area contributed by atoms with Crippen LogP contribution in [0.5, 0.6) is 0 Å². The van der Waals surface area contributed by atoms with Gasteiger partial charge in [0.15, 0.2) is 0 Å². The molecule has 2 amide bonds. The van der Waals surface area contributed by atoms with Crippen LogP contribution in [0.15, 0.2) is 18.2 Å².